The Bertz CT molecular complexity index is 559. The lowest BCUT2D eigenvalue weighted by atomic mass is 9.95. The third-order valence-electron chi connectivity index (χ3n) is 4.14. The highest BCUT2D eigenvalue weighted by Gasteiger charge is 2.16. The Kier molecular flexibility index (Phi) is 6.67. The molecule has 0 saturated carbocycles. The van der Waals surface area contributed by atoms with E-state index in [0.717, 1.165) is 19.5 Å². The molecular formula is C21H29N. The highest BCUT2D eigenvalue weighted by molar-refractivity contribution is 5.36. The van der Waals surface area contributed by atoms with Crippen LogP contribution in [0.3, 0.4) is 0 Å². The van der Waals surface area contributed by atoms with Gasteiger partial charge in [0.05, 0.1) is 0 Å². The van der Waals surface area contributed by atoms with Gasteiger partial charge in [0, 0.05) is 19.6 Å². The summed E-state index contributed by atoms with van der Waals surface area (Å²) in [6.07, 6.45) is 3.61. The summed E-state index contributed by atoms with van der Waals surface area (Å²) in [4.78, 5) is 2.58. The summed E-state index contributed by atoms with van der Waals surface area (Å²) in [5.74, 6) is 0. The maximum atomic E-state index is 2.58. The molecule has 0 saturated heterocycles. The molecule has 1 nitrogen and oxygen atoms in total. The molecule has 0 bridgehead atoms. The van der Waals surface area contributed by atoms with Crippen LogP contribution in [0.15, 0.2) is 48.5 Å². The van der Waals surface area contributed by atoms with E-state index in [1.165, 1.54) is 36.1 Å². The SMILES string of the molecule is CCC.Cc1cccc2c1CCN(CCc1ccccc1)C2. The van der Waals surface area contributed by atoms with Gasteiger partial charge < -0.3 is 0 Å². The van der Waals surface area contributed by atoms with Gasteiger partial charge in [0.2, 0.25) is 0 Å². The van der Waals surface area contributed by atoms with Crippen molar-refractivity contribution in [2.24, 2.45) is 0 Å². The van der Waals surface area contributed by atoms with Crippen LogP contribution in [0.1, 0.15) is 42.5 Å². The lowest BCUT2D eigenvalue weighted by Crippen LogP contribution is -2.32. The fourth-order valence-corrected chi connectivity index (χ4v) is 2.98. The van der Waals surface area contributed by atoms with Gasteiger partial charge in [0.1, 0.15) is 0 Å². The molecule has 0 unspecified atom stereocenters. The Hall–Kier alpha value is -1.60. The van der Waals surface area contributed by atoms with Crippen LogP contribution in [-0.2, 0) is 19.4 Å². The number of aryl methyl sites for hydroxylation is 1. The van der Waals surface area contributed by atoms with E-state index in [1.807, 2.05) is 0 Å². The zero-order valence-corrected chi connectivity index (χ0v) is 14.3. The van der Waals surface area contributed by atoms with E-state index in [1.54, 1.807) is 5.56 Å². The molecule has 118 valence electrons. The highest BCUT2D eigenvalue weighted by atomic mass is 15.1. The number of hydrogen-bond acceptors (Lipinski definition) is 1. The second-order valence-electron chi connectivity index (χ2n) is 6.18. The number of nitrogens with zero attached hydrogens (tertiary/aromatic N) is 1. The monoisotopic (exact) mass is 295 g/mol. The van der Waals surface area contributed by atoms with Crippen LogP contribution in [0.25, 0.3) is 0 Å². The molecule has 0 aromatic heterocycles. The lowest BCUT2D eigenvalue weighted by Gasteiger charge is -2.29. The molecular weight excluding hydrogens is 266 g/mol. The fraction of sp³-hybridized carbons (Fsp3) is 0.429. The molecule has 0 atom stereocenters. The predicted octanol–water partition coefficient (Wildman–Crippen LogP) is 5.01. The predicted molar refractivity (Wildman–Crippen MR) is 96.3 cm³/mol. The molecule has 22 heavy (non-hydrogen) atoms. The number of rotatable bonds is 3. The van der Waals surface area contributed by atoms with Crippen molar-refractivity contribution in [3.05, 3.63) is 70.8 Å². The third-order valence-corrected chi connectivity index (χ3v) is 4.14. The van der Waals surface area contributed by atoms with Crippen molar-refractivity contribution in [2.75, 3.05) is 13.1 Å². The average Bonchev–Trinajstić information content (AvgIpc) is 2.55. The first kappa shape index (κ1) is 16.8. The van der Waals surface area contributed by atoms with Crippen molar-refractivity contribution in [3.8, 4) is 0 Å². The largest absolute Gasteiger partial charge is 0.298 e. The van der Waals surface area contributed by atoms with Crippen LogP contribution >= 0.6 is 0 Å². The average molecular weight is 295 g/mol. The van der Waals surface area contributed by atoms with E-state index in [4.69, 9.17) is 0 Å². The Labute approximate surface area is 136 Å². The second kappa shape index (κ2) is 8.75. The van der Waals surface area contributed by atoms with Crippen LogP contribution in [0.5, 0.6) is 0 Å². The van der Waals surface area contributed by atoms with Crippen LogP contribution in [0, 0.1) is 6.92 Å². The molecule has 1 heterocycles. The molecule has 1 heteroatoms. The molecule has 2 aromatic carbocycles. The highest BCUT2D eigenvalue weighted by Crippen LogP contribution is 2.22. The summed E-state index contributed by atoms with van der Waals surface area (Å²) < 4.78 is 0. The first-order chi connectivity index (χ1) is 10.7. The van der Waals surface area contributed by atoms with Gasteiger partial charge in [-0.25, -0.2) is 0 Å². The van der Waals surface area contributed by atoms with E-state index in [2.05, 4.69) is 74.2 Å². The lowest BCUT2D eigenvalue weighted by molar-refractivity contribution is 0.257. The maximum absolute atomic E-state index is 2.58. The standard InChI is InChI=1S/C18H21N.C3H8/c1-15-6-5-9-17-14-19(13-11-18(15)17)12-10-16-7-3-2-4-8-16;1-3-2/h2-9H,10-14H2,1H3;3H2,1-2H3. The second-order valence-corrected chi connectivity index (χ2v) is 6.18. The number of fused-ring (bicyclic) bond motifs is 1. The van der Waals surface area contributed by atoms with E-state index in [-0.39, 0.29) is 0 Å². The summed E-state index contributed by atoms with van der Waals surface area (Å²) >= 11 is 0. The van der Waals surface area contributed by atoms with E-state index < -0.39 is 0 Å². The maximum Gasteiger partial charge on any atom is 0.0236 e. The Balaban J connectivity index is 0.000000545. The quantitative estimate of drug-likeness (QED) is 0.769. The van der Waals surface area contributed by atoms with Crippen molar-refractivity contribution in [3.63, 3.8) is 0 Å². The van der Waals surface area contributed by atoms with Gasteiger partial charge in [-0.15, -0.1) is 0 Å². The fourth-order valence-electron chi connectivity index (χ4n) is 2.98. The van der Waals surface area contributed by atoms with Crippen LogP contribution in [0.2, 0.25) is 0 Å². The zero-order valence-electron chi connectivity index (χ0n) is 14.3. The normalized spacial score (nSPS) is 14.0. The minimum Gasteiger partial charge on any atom is -0.298 e. The van der Waals surface area contributed by atoms with Gasteiger partial charge >= 0.3 is 0 Å². The van der Waals surface area contributed by atoms with Crippen molar-refractivity contribution >= 4 is 0 Å². The molecule has 3 rings (SSSR count). The molecule has 2 aromatic rings. The Morgan fingerprint density at radius 1 is 0.955 bits per heavy atom. The van der Waals surface area contributed by atoms with Gasteiger partial charge in [0.25, 0.3) is 0 Å². The summed E-state index contributed by atoms with van der Waals surface area (Å²) in [5.41, 5.74) is 6.01. The van der Waals surface area contributed by atoms with Gasteiger partial charge in [0.15, 0.2) is 0 Å². The summed E-state index contributed by atoms with van der Waals surface area (Å²) in [6.45, 7) is 9.96. The van der Waals surface area contributed by atoms with Crippen LogP contribution in [-0.4, -0.2) is 18.0 Å². The number of hydrogen-bond donors (Lipinski definition) is 0. The summed E-state index contributed by atoms with van der Waals surface area (Å²) in [5, 5.41) is 0. The molecule has 0 amide bonds. The molecule has 1 aliphatic rings. The van der Waals surface area contributed by atoms with Gasteiger partial charge in [-0.05, 0) is 42.0 Å². The topological polar surface area (TPSA) is 3.24 Å². The molecule has 1 aliphatic heterocycles. The van der Waals surface area contributed by atoms with Gasteiger partial charge in [-0.3, -0.25) is 4.90 Å². The smallest absolute Gasteiger partial charge is 0.0236 e. The van der Waals surface area contributed by atoms with Crippen molar-refractivity contribution < 1.29 is 0 Å². The molecule has 0 radical (unpaired) electrons. The van der Waals surface area contributed by atoms with Gasteiger partial charge in [-0.1, -0.05) is 68.8 Å². The third kappa shape index (κ3) is 4.71. The van der Waals surface area contributed by atoms with Crippen LogP contribution < -0.4 is 0 Å². The molecule has 0 N–H and O–H groups in total. The van der Waals surface area contributed by atoms with Crippen molar-refractivity contribution in [2.45, 2.75) is 46.6 Å². The minimum absolute atomic E-state index is 1.11. The molecule has 0 spiro atoms. The number of benzene rings is 2. The molecule has 0 aliphatic carbocycles. The first-order valence-electron chi connectivity index (χ1n) is 8.58. The Morgan fingerprint density at radius 3 is 2.41 bits per heavy atom. The van der Waals surface area contributed by atoms with Crippen molar-refractivity contribution in [1.82, 2.24) is 4.90 Å². The van der Waals surface area contributed by atoms with Gasteiger partial charge in [-0.2, -0.15) is 0 Å². The summed E-state index contributed by atoms with van der Waals surface area (Å²) in [6, 6.07) is 17.5. The molecule has 0 fully saturated rings. The van der Waals surface area contributed by atoms with Crippen LogP contribution in [0.4, 0.5) is 0 Å². The van der Waals surface area contributed by atoms with E-state index in [0.29, 0.717) is 0 Å². The first-order valence-corrected chi connectivity index (χ1v) is 8.58. The zero-order chi connectivity index (χ0) is 15.8. The van der Waals surface area contributed by atoms with E-state index >= 15 is 0 Å². The van der Waals surface area contributed by atoms with Crippen molar-refractivity contribution in [1.29, 1.82) is 0 Å². The Morgan fingerprint density at radius 2 is 1.68 bits per heavy atom. The van der Waals surface area contributed by atoms with E-state index in [9.17, 15) is 0 Å². The minimum atomic E-state index is 1.11. The summed E-state index contributed by atoms with van der Waals surface area (Å²) in [7, 11) is 0.